The number of rotatable bonds is 8. The van der Waals surface area contributed by atoms with Crippen molar-refractivity contribution >= 4 is 40.1 Å². The third kappa shape index (κ3) is 4.28. The average molecular weight is 430 g/mol. The number of thiophene rings is 1. The Balaban J connectivity index is 1.42. The number of hydrogen-bond acceptors (Lipinski definition) is 9. The lowest BCUT2D eigenvalue weighted by Gasteiger charge is -2.11. The molecule has 0 fully saturated rings. The summed E-state index contributed by atoms with van der Waals surface area (Å²) in [7, 11) is 0. The summed E-state index contributed by atoms with van der Waals surface area (Å²) in [6.45, 7) is 1.04. The van der Waals surface area contributed by atoms with Crippen molar-refractivity contribution in [3.8, 4) is 11.4 Å². The van der Waals surface area contributed by atoms with Crippen LogP contribution >= 0.6 is 11.3 Å². The summed E-state index contributed by atoms with van der Waals surface area (Å²) < 4.78 is 7.70. The Labute approximate surface area is 181 Å². The van der Waals surface area contributed by atoms with Crippen LogP contribution in [0.25, 0.3) is 16.9 Å². The molecule has 5 rings (SSSR count). The molecule has 31 heavy (non-hydrogen) atoms. The number of aromatic nitrogens is 6. The molecule has 0 amide bonds. The molecular weight excluding hydrogens is 412 g/mol. The Bertz CT molecular complexity index is 1260. The van der Waals surface area contributed by atoms with Crippen LogP contribution in [0.2, 0.25) is 0 Å². The van der Waals surface area contributed by atoms with E-state index in [0.717, 1.165) is 11.4 Å². The summed E-state index contributed by atoms with van der Waals surface area (Å²) in [5.74, 6) is 2.46. The molecule has 0 bridgehead atoms. The smallest absolute Gasteiger partial charge is 0.232 e. The molecule has 0 aliphatic heterocycles. The van der Waals surface area contributed by atoms with Gasteiger partial charge >= 0.3 is 0 Å². The highest BCUT2D eigenvalue weighted by molar-refractivity contribution is 7.08. The van der Waals surface area contributed by atoms with Gasteiger partial charge in [0.25, 0.3) is 0 Å². The van der Waals surface area contributed by atoms with E-state index in [1.165, 1.54) is 6.33 Å². The third-order valence-corrected chi connectivity index (χ3v) is 5.08. The van der Waals surface area contributed by atoms with Gasteiger partial charge in [-0.25, -0.2) is 15.0 Å². The number of imidazole rings is 1. The minimum atomic E-state index is 0.412. The SMILES string of the molecule is c1ccc(OCCNc2nc(Nc3ccncn3)nc3c2ncn3-c2ccsc2)cc1. The summed E-state index contributed by atoms with van der Waals surface area (Å²) in [5.41, 5.74) is 2.37. The summed E-state index contributed by atoms with van der Waals surface area (Å²) in [5, 5.41) is 10.5. The van der Waals surface area contributed by atoms with Gasteiger partial charge < -0.3 is 15.4 Å². The highest BCUT2D eigenvalue weighted by Crippen LogP contribution is 2.25. The predicted molar refractivity (Wildman–Crippen MR) is 120 cm³/mol. The first-order chi connectivity index (χ1) is 15.4. The highest BCUT2D eigenvalue weighted by Gasteiger charge is 2.15. The van der Waals surface area contributed by atoms with Crippen molar-refractivity contribution in [1.82, 2.24) is 29.5 Å². The van der Waals surface area contributed by atoms with E-state index in [1.807, 2.05) is 51.7 Å². The molecule has 0 atom stereocenters. The second-order valence-electron chi connectivity index (χ2n) is 6.47. The van der Waals surface area contributed by atoms with Gasteiger partial charge in [-0.15, -0.1) is 0 Å². The average Bonchev–Trinajstić information content (AvgIpc) is 3.48. The molecule has 4 aromatic heterocycles. The maximum Gasteiger partial charge on any atom is 0.232 e. The van der Waals surface area contributed by atoms with Crippen LogP contribution in [0, 0.1) is 0 Å². The minimum Gasteiger partial charge on any atom is -0.492 e. The van der Waals surface area contributed by atoms with Crippen molar-refractivity contribution in [3.63, 3.8) is 0 Å². The molecule has 154 valence electrons. The van der Waals surface area contributed by atoms with Crippen LogP contribution in [0.15, 0.2) is 72.1 Å². The fourth-order valence-corrected chi connectivity index (χ4v) is 3.62. The summed E-state index contributed by atoms with van der Waals surface area (Å²) in [4.78, 5) is 22.0. The van der Waals surface area contributed by atoms with Crippen molar-refractivity contribution in [3.05, 3.63) is 72.1 Å². The second-order valence-corrected chi connectivity index (χ2v) is 7.25. The van der Waals surface area contributed by atoms with E-state index < -0.39 is 0 Å². The van der Waals surface area contributed by atoms with Crippen molar-refractivity contribution in [1.29, 1.82) is 0 Å². The van der Waals surface area contributed by atoms with Crippen LogP contribution in [0.5, 0.6) is 5.75 Å². The first-order valence-electron chi connectivity index (χ1n) is 9.59. The molecule has 2 N–H and O–H groups in total. The van der Waals surface area contributed by atoms with E-state index in [9.17, 15) is 0 Å². The highest BCUT2D eigenvalue weighted by atomic mass is 32.1. The molecule has 0 saturated carbocycles. The van der Waals surface area contributed by atoms with Crippen molar-refractivity contribution in [2.45, 2.75) is 0 Å². The number of para-hydroxylation sites is 1. The number of hydrogen-bond donors (Lipinski definition) is 2. The monoisotopic (exact) mass is 430 g/mol. The molecule has 4 heterocycles. The number of fused-ring (bicyclic) bond motifs is 1. The largest absolute Gasteiger partial charge is 0.492 e. The molecule has 0 aliphatic carbocycles. The molecule has 0 saturated heterocycles. The minimum absolute atomic E-state index is 0.412. The molecule has 9 nitrogen and oxygen atoms in total. The van der Waals surface area contributed by atoms with Crippen molar-refractivity contribution in [2.24, 2.45) is 0 Å². The molecule has 1 aromatic carbocycles. The van der Waals surface area contributed by atoms with Gasteiger partial charge in [0, 0.05) is 11.6 Å². The quantitative estimate of drug-likeness (QED) is 0.357. The van der Waals surface area contributed by atoms with Gasteiger partial charge in [-0.05, 0) is 29.6 Å². The summed E-state index contributed by atoms with van der Waals surface area (Å²) in [6.07, 6.45) is 4.88. The van der Waals surface area contributed by atoms with Gasteiger partial charge in [-0.2, -0.15) is 21.3 Å². The fraction of sp³-hybridized carbons (Fsp3) is 0.0952. The molecule has 10 heteroatoms. The maximum absolute atomic E-state index is 5.77. The first-order valence-corrected chi connectivity index (χ1v) is 10.5. The first kappa shape index (κ1) is 18.9. The van der Waals surface area contributed by atoms with Gasteiger partial charge in [0.2, 0.25) is 5.95 Å². The zero-order valence-electron chi connectivity index (χ0n) is 16.3. The van der Waals surface area contributed by atoms with Gasteiger partial charge in [-0.3, -0.25) is 4.57 Å². The van der Waals surface area contributed by atoms with Crippen LogP contribution in [0.4, 0.5) is 17.6 Å². The summed E-state index contributed by atoms with van der Waals surface area (Å²) >= 11 is 1.62. The zero-order valence-corrected chi connectivity index (χ0v) is 17.2. The van der Waals surface area contributed by atoms with Gasteiger partial charge in [0.15, 0.2) is 17.0 Å². The molecular formula is C21H18N8OS. The van der Waals surface area contributed by atoms with Crippen LogP contribution in [-0.2, 0) is 0 Å². The van der Waals surface area contributed by atoms with E-state index in [2.05, 4.69) is 35.6 Å². The Morgan fingerprint density at radius 1 is 1.03 bits per heavy atom. The van der Waals surface area contributed by atoms with E-state index in [0.29, 0.717) is 41.9 Å². The van der Waals surface area contributed by atoms with Gasteiger partial charge in [0.1, 0.15) is 30.8 Å². The lowest BCUT2D eigenvalue weighted by atomic mass is 10.3. The Morgan fingerprint density at radius 3 is 2.77 bits per heavy atom. The van der Waals surface area contributed by atoms with E-state index in [1.54, 1.807) is 29.9 Å². The zero-order chi connectivity index (χ0) is 20.9. The Kier molecular flexibility index (Phi) is 5.35. The number of ether oxygens (including phenoxy) is 1. The lowest BCUT2D eigenvalue weighted by Crippen LogP contribution is -2.14. The second kappa shape index (κ2) is 8.76. The molecule has 0 spiro atoms. The van der Waals surface area contributed by atoms with Gasteiger partial charge in [0.05, 0.1) is 12.2 Å². The number of nitrogens with zero attached hydrogens (tertiary/aromatic N) is 6. The maximum atomic E-state index is 5.77. The molecule has 5 aromatic rings. The van der Waals surface area contributed by atoms with Crippen LogP contribution in [0.3, 0.4) is 0 Å². The lowest BCUT2D eigenvalue weighted by molar-refractivity contribution is 0.333. The fourth-order valence-electron chi connectivity index (χ4n) is 3.00. The molecule has 0 aliphatic rings. The van der Waals surface area contributed by atoms with Crippen molar-refractivity contribution in [2.75, 3.05) is 23.8 Å². The molecule has 0 unspecified atom stereocenters. The normalized spacial score (nSPS) is 10.8. The predicted octanol–water partition coefficient (Wildman–Crippen LogP) is 3.90. The Hall–Kier alpha value is -4.05. The van der Waals surface area contributed by atoms with Crippen LogP contribution in [-0.4, -0.2) is 42.6 Å². The number of anilines is 3. The standard InChI is InChI=1S/C21H18N8OS/c1-2-4-16(5-3-1)30-10-9-23-19-18-20(29(14-25-18)15-7-11-31-12-15)28-21(27-19)26-17-6-8-22-13-24-17/h1-8,11-14H,9-10H2,(H2,22,23,24,26,27,28). The molecule has 0 radical (unpaired) electrons. The van der Waals surface area contributed by atoms with E-state index in [-0.39, 0.29) is 0 Å². The number of benzene rings is 1. The van der Waals surface area contributed by atoms with Crippen LogP contribution < -0.4 is 15.4 Å². The topological polar surface area (TPSA) is 103 Å². The summed E-state index contributed by atoms with van der Waals surface area (Å²) in [6, 6.07) is 13.5. The van der Waals surface area contributed by atoms with Gasteiger partial charge in [-0.1, -0.05) is 18.2 Å². The van der Waals surface area contributed by atoms with E-state index in [4.69, 9.17) is 4.74 Å². The number of nitrogens with one attached hydrogen (secondary N) is 2. The third-order valence-electron chi connectivity index (χ3n) is 4.41. The van der Waals surface area contributed by atoms with Crippen molar-refractivity contribution < 1.29 is 4.74 Å². The van der Waals surface area contributed by atoms with Crippen LogP contribution in [0.1, 0.15) is 0 Å². The Morgan fingerprint density at radius 2 is 1.97 bits per heavy atom. The van der Waals surface area contributed by atoms with E-state index >= 15 is 0 Å².